The van der Waals surface area contributed by atoms with Gasteiger partial charge in [-0.3, -0.25) is 0 Å². The van der Waals surface area contributed by atoms with Gasteiger partial charge >= 0.3 is 5.97 Å². The molecule has 0 spiro atoms. The maximum Gasteiger partial charge on any atom is 0.335 e. The third-order valence-corrected chi connectivity index (χ3v) is 5.97. The fourth-order valence-electron chi connectivity index (χ4n) is 2.80. The smallest absolute Gasteiger partial charge is 0.335 e. The highest BCUT2D eigenvalue weighted by Gasteiger charge is 2.26. The van der Waals surface area contributed by atoms with Crippen LogP contribution >= 0.6 is 0 Å². The number of sulfonamides is 1. The lowest BCUT2D eigenvalue weighted by Gasteiger charge is -2.15. The number of phenolic OH excluding ortho intramolecular Hbond substituents is 1. The minimum absolute atomic E-state index is 0.0289. The van der Waals surface area contributed by atoms with Crippen LogP contribution in [0.5, 0.6) is 5.75 Å². The minimum Gasteiger partial charge on any atom is -0.508 e. The molecule has 0 atom stereocenters. The van der Waals surface area contributed by atoms with E-state index in [1.54, 1.807) is 12.1 Å². The van der Waals surface area contributed by atoms with Gasteiger partial charge in [0.05, 0.1) is 10.5 Å². The molecule has 0 unspecified atom stereocenters. The van der Waals surface area contributed by atoms with E-state index in [0.29, 0.717) is 24.2 Å². The van der Waals surface area contributed by atoms with Gasteiger partial charge in [0.25, 0.3) is 0 Å². The molecule has 0 saturated carbocycles. The molecule has 2 aromatic carbocycles. The van der Waals surface area contributed by atoms with Crippen LogP contribution in [0.15, 0.2) is 47.4 Å². The summed E-state index contributed by atoms with van der Waals surface area (Å²) in [6, 6.07) is 10.3. The lowest BCUT2D eigenvalue weighted by atomic mass is 10.0. The first-order valence-electron chi connectivity index (χ1n) is 7.56. The van der Waals surface area contributed by atoms with Crippen LogP contribution in [0.3, 0.4) is 0 Å². The van der Waals surface area contributed by atoms with E-state index in [1.807, 2.05) is 0 Å². The zero-order chi connectivity index (χ0) is 17.3. The lowest BCUT2D eigenvalue weighted by Crippen LogP contribution is -2.27. The Kier molecular flexibility index (Phi) is 4.29. The number of nitrogens with zero attached hydrogens (tertiary/aromatic N) is 1. The summed E-state index contributed by atoms with van der Waals surface area (Å²) in [5.41, 5.74) is 1.12. The first-order valence-corrected chi connectivity index (χ1v) is 9.00. The number of phenols is 1. The average molecular weight is 347 g/mol. The number of carbonyl (C=O) groups is 1. The highest BCUT2D eigenvalue weighted by atomic mass is 32.2. The van der Waals surface area contributed by atoms with E-state index in [4.69, 9.17) is 5.11 Å². The molecular weight excluding hydrogens is 330 g/mol. The molecule has 24 heavy (non-hydrogen) atoms. The van der Waals surface area contributed by atoms with Crippen molar-refractivity contribution < 1.29 is 23.4 Å². The molecule has 0 bridgehead atoms. The number of hydrogen-bond acceptors (Lipinski definition) is 4. The van der Waals surface area contributed by atoms with Gasteiger partial charge in [0.15, 0.2) is 0 Å². The van der Waals surface area contributed by atoms with Crippen LogP contribution in [0.1, 0.15) is 23.2 Å². The van der Waals surface area contributed by atoms with Gasteiger partial charge in [0.2, 0.25) is 10.0 Å². The van der Waals surface area contributed by atoms with E-state index >= 15 is 0 Å². The Morgan fingerprint density at radius 2 is 1.58 bits per heavy atom. The number of rotatable bonds is 4. The van der Waals surface area contributed by atoms with E-state index in [-0.39, 0.29) is 16.2 Å². The average Bonchev–Trinajstić information content (AvgIpc) is 3.09. The van der Waals surface area contributed by atoms with Gasteiger partial charge in [0, 0.05) is 13.1 Å². The first-order chi connectivity index (χ1) is 11.4. The maximum atomic E-state index is 12.5. The van der Waals surface area contributed by atoms with Gasteiger partial charge < -0.3 is 10.2 Å². The van der Waals surface area contributed by atoms with Crippen molar-refractivity contribution in [1.29, 1.82) is 0 Å². The summed E-state index contributed by atoms with van der Waals surface area (Å²) >= 11 is 0. The Morgan fingerprint density at radius 3 is 2.17 bits per heavy atom. The van der Waals surface area contributed by atoms with Crippen molar-refractivity contribution >= 4 is 16.0 Å². The van der Waals surface area contributed by atoms with Gasteiger partial charge in [-0.1, -0.05) is 12.1 Å². The van der Waals surface area contributed by atoms with Crippen LogP contribution in [0, 0.1) is 0 Å². The monoisotopic (exact) mass is 347 g/mol. The van der Waals surface area contributed by atoms with Crippen molar-refractivity contribution in [1.82, 2.24) is 4.31 Å². The van der Waals surface area contributed by atoms with Crippen molar-refractivity contribution in [2.24, 2.45) is 0 Å². The van der Waals surface area contributed by atoms with Crippen molar-refractivity contribution in [3.05, 3.63) is 48.0 Å². The minimum atomic E-state index is -3.48. The van der Waals surface area contributed by atoms with E-state index in [0.717, 1.165) is 18.9 Å². The molecule has 7 heteroatoms. The molecule has 0 aliphatic carbocycles. The molecule has 126 valence electrons. The van der Waals surface area contributed by atoms with Gasteiger partial charge in [0.1, 0.15) is 5.75 Å². The van der Waals surface area contributed by atoms with Gasteiger partial charge in [-0.05, 0) is 54.3 Å². The second kappa shape index (κ2) is 6.26. The topological polar surface area (TPSA) is 94.9 Å². The second-order valence-electron chi connectivity index (χ2n) is 5.71. The number of aromatic hydroxyl groups is 1. The fraction of sp³-hybridized carbons (Fsp3) is 0.235. The van der Waals surface area contributed by atoms with Crippen molar-refractivity contribution in [2.45, 2.75) is 17.7 Å². The number of hydrogen-bond donors (Lipinski definition) is 2. The standard InChI is InChI=1S/C17H17NO5S/c19-15-10-13(9-14(11-15)17(20)21)12-3-5-16(6-4-12)24(22,23)18-7-1-2-8-18/h3-6,9-11,19H,1-2,7-8H2,(H,20,21). The molecule has 0 aromatic heterocycles. The SMILES string of the molecule is O=C(O)c1cc(O)cc(-c2ccc(S(=O)(=O)N3CCCC3)cc2)c1. The van der Waals surface area contributed by atoms with E-state index in [9.17, 15) is 18.3 Å². The fourth-order valence-corrected chi connectivity index (χ4v) is 4.32. The van der Waals surface area contributed by atoms with E-state index in [1.165, 1.54) is 28.6 Å². The predicted molar refractivity (Wildman–Crippen MR) is 88.5 cm³/mol. The molecule has 0 radical (unpaired) electrons. The number of carboxylic acid groups (broad SMARTS) is 1. The molecule has 2 N–H and O–H groups in total. The summed E-state index contributed by atoms with van der Waals surface area (Å²) < 4.78 is 26.4. The third-order valence-electron chi connectivity index (χ3n) is 4.06. The summed E-state index contributed by atoms with van der Waals surface area (Å²) in [5, 5.41) is 18.7. The van der Waals surface area contributed by atoms with Crippen LogP contribution in [-0.4, -0.2) is 42.0 Å². The van der Waals surface area contributed by atoms with E-state index < -0.39 is 16.0 Å². The van der Waals surface area contributed by atoms with Crippen LogP contribution in [0.2, 0.25) is 0 Å². The molecule has 1 saturated heterocycles. The molecular formula is C17H17NO5S. The summed E-state index contributed by atoms with van der Waals surface area (Å²) in [6.45, 7) is 1.08. The Balaban J connectivity index is 1.94. The van der Waals surface area contributed by atoms with Gasteiger partial charge in [-0.25, -0.2) is 13.2 Å². The van der Waals surface area contributed by atoms with Crippen LogP contribution < -0.4 is 0 Å². The van der Waals surface area contributed by atoms with Crippen LogP contribution in [0.4, 0.5) is 0 Å². The van der Waals surface area contributed by atoms with E-state index in [2.05, 4.69) is 0 Å². The lowest BCUT2D eigenvalue weighted by molar-refractivity contribution is 0.0696. The molecule has 1 heterocycles. The molecule has 1 aliphatic heterocycles. The Morgan fingerprint density at radius 1 is 0.958 bits per heavy atom. The maximum absolute atomic E-state index is 12.5. The van der Waals surface area contributed by atoms with Crippen molar-refractivity contribution in [2.75, 3.05) is 13.1 Å². The quantitative estimate of drug-likeness (QED) is 0.886. The molecule has 1 fully saturated rings. The summed E-state index contributed by atoms with van der Waals surface area (Å²) in [4.78, 5) is 11.3. The third kappa shape index (κ3) is 3.13. The van der Waals surface area contributed by atoms with Crippen LogP contribution in [0.25, 0.3) is 11.1 Å². The second-order valence-corrected chi connectivity index (χ2v) is 7.65. The number of benzene rings is 2. The zero-order valence-corrected chi connectivity index (χ0v) is 13.7. The molecule has 3 rings (SSSR count). The molecule has 6 nitrogen and oxygen atoms in total. The normalized spacial score (nSPS) is 15.5. The Bertz CT molecular complexity index is 868. The summed E-state index contributed by atoms with van der Waals surface area (Å²) in [7, 11) is -3.48. The Labute approximate surface area is 140 Å². The van der Waals surface area contributed by atoms with Crippen LogP contribution in [-0.2, 0) is 10.0 Å². The highest BCUT2D eigenvalue weighted by Crippen LogP contribution is 2.28. The Hall–Kier alpha value is -2.38. The largest absolute Gasteiger partial charge is 0.508 e. The van der Waals surface area contributed by atoms with Crippen molar-refractivity contribution in [3.8, 4) is 16.9 Å². The van der Waals surface area contributed by atoms with Crippen molar-refractivity contribution in [3.63, 3.8) is 0 Å². The van der Waals surface area contributed by atoms with Gasteiger partial charge in [-0.2, -0.15) is 4.31 Å². The first kappa shape index (κ1) is 16.5. The van der Waals surface area contributed by atoms with Gasteiger partial charge in [-0.15, -0.1) is 0 Å². The highest BCUT2D eigenvalue weighted by molar-refractivity contribution is 7.89. The zero-order valence-electron chi connectivity index (χ0n) is 12.8. The summed E-state index contributed by atoms with van der Waals surface area (Å²) in [5.74, 6) is -1.29. The molecule has 1 aliphatic rings. The number of aromatic carboxylic acids is 1. The number of carboxylic acids is 1. The predicted octanol–water partition coefficient (Wildman–Crippen LogP) is 2.54. The molecule has 0 amide bonds. The molecule has 2 aromatic rings. The summed E-state index contributed by atoms with van der Waals surface area (Å²) in [6.07, 6.45) is 1.75.